The van der Waals surface area contributed by atoms with E-state index in [0.29, 0.717) is 6.10 Å². The van der Waals surface area contributed by atoms with Crippen molar-refractivity contribution in [3.05, 3.63) is 24.5 Å². The van der Waals surface area contributed by atoms with Gasteiger partial charge in [0.25, 0.3) is 0 Å². The second kappa shape index (κ2) is 5.17. The summed E-state index contributed by atoms with van der Waals surface area (Å²) in [6.07, 6.45) is 10.9. The maximum absolute atomic E-state index is 6.14. The molecular weight excluding hydrogens is 252 g/mol. The van der Waals surface area contributed by atoms with Crippen molar-refractivity contribution in [1.29, 1.82) is 0 Å². The van der Waals surface area contributed by atoms with Gasteiger partial charge in [-0.05, 0) is 50.9 Å². The van der Waals surface area contributed by atoms with E-state index in [1.165, 1.54) is 38.8 Å². The van der Waals surface area contributed by atoms with Crippen LogP contribution in [0.15, 0.2) is 24.5 Å². The first-order valence-electron chi connectivity index (χ1n) is 8.00. The van der Waals surface area contributed by atoms with Crippen LogP contribution in [0.25, 0.3) is 0 Å². The molecule has 1 aromatic heterocycles. The third kappa shape index (κ3) is 2.10. The minimum absolute atomic E-state index is 0.0342. The van der Waals surface area contributed by atoms with Crippen LogP contribution >= 0.6 is 0 Å². The molecular formula is C16H24N2O2. The van der Waals surface area contributed by atoms with Crippen molar-refractivity contribution >= 4 is 0 Å². The number of likely N-dealkylation sites (tertiary alicyclic amines) is 1. The summed E-state index contributed by atoms with van der Waals surface area (Å²) < 4.78 is 14.4. The quantitative estimate of drug-likeness (QED) is 0.847. The molecule has 3 aliphatic heterocycles. The number of rotatable bonds is 3. The van der Waals surface area contributed by atoms with Gasteiger partial charge in [-0.3, -0.25) is 4.90 Å². The van der Waals surface area contributed by atoms with Gasteiger partial charge >= 0.3 is 0 Å². The number of nitrogens with zero attached hydrogens (tertiary/aromatic N) is 2. The first kappa shape index (κ1) is 12.9. The molecule has 4 heteroatoms. The van der Waals surface area contributed by atoms with Gasteiger partial charge in [0.2, 0.25) is 0 Å². The molecule has 0 radical (unpaired) electrons. The summed E-state index contributed by atoms with van der Waals surface area (Å²) in [4.78, 5) is 2.66. The summed E-state index contributed by atoms with van der Waals surface area (Å²) in [5.41, 5.74) is 0.0342. The van der Waals surface area contributed by atoms with Gasteiger partial charge in [-0.1, -0.05) is 6.42 Å². The van der Waals surface area contributed by atoms with Gasteiger partial charge in [0.15, 0.2) is 6.29 Å². The summed E-state index contributed by atoms with van der Waals surface area (Å²) in [5, 5.41) is 0. The Morgan fingerprint density at radius 3 is 2.70 bits per heavy atom. The zero-order valence-corrected chi connectivity index (χ0v) is 12.0. The standard InChI is InChI=1S/C16H24N2O2/c1-2-10-18(11-3-1)16(13-17-8-4-5-9-17)7-6-14-12-19-15(16)20-14/h4-5,8-9,14-15H,1-3,6-7,10-13H2/t14-,15+,16+/m0/s1. The van der Waals surface area contributed by atoms with E-state index in [1.807, 2.05) is 0 Å². The molecule has 110 valence electrons. The highest BCUT2D eigenvalue weighted by atomic mass is 16.7. The van der Waals surface area contributed by atoms with Crippen LogP contribution in [-0.2, 0) is 16.0 Å². The fourth-order valence-corrected chi connectivity index (χ4v) is 4.10. The lowest BCUT2D eigenvalue weighted by Crippen LogP contribution is -2.62. The monoisotopic (exact) mass is 276 g/mol. The Hall–Kier alpha value is -0.840. The van der Waals surface area contributed by atoms with E-state index >= 15 is 0 Å². The highest BCUT2D eigenvalue weighted by molar-refractivity contribution is 5.03. The summed E-state index contributed by atoms with van der Waals surface area (Å²) in [6.45, 7) is 4.15. The van der Waals surface area contributed by atoms with Gasteiger partial charge in [-0.25, -0.2) is 0 Å². The molecule has 20 heavy (non-hydrogen) atoms. The lowest BCUT2D eigenvalue weighted by Gasteiger charge is -2.50. The number of hydrogen-bond donors (Lipinski definition) is 0. The molecule has 0 unspecified atom stereocenters. The molecule has 0 amide bonds. The Balaban J connectivity index is 1.64. The average molecular weight is 276 g/mol. The minimum Gasteiger partial charge on any atom is -0.352 e. The number of hydrogen-bond acceptors (Lipinski definition) is 3. The summed E-state index contributed by atoms with van der Waals surface area (Å²) in [6, 6.07) is 4.21. The van der Waals surface area contributed by atoms with Crippen molar-refractivity contribution in [2.75, 3.05) is 19.7 Å². The summed E-state index contributed by atoms with van der Waals surface area (Å²) in [7, 11) is 0. The summed E-state index contributed by atoms with van der Waals surface area (Å²) in [5.74, 6) is 0. The Morgan fingerprint density at radius 2 is 1.90 bits per heavy atom. The van der Waals surface area contributed by atoms with Crippen molar-refractivity contribution in [3.8, 4) is 0 Å². The normalized spacial score (nSPS) is 38.2. The largest absolute Gasteiger partial charge is 0.352 e. The van der Waals surface area contributed by atoms with E-state index in [4.69, 9.17) is 9.47 Å². The predicted molar refractivity (Wildman–Crippen MR) is 76.4 cm³/mol. The van der Waals surface area contributed by atoms with E-state index < -0.39 is 0 Å². The molecule has 3 aliphatic rings. The first-order valence-corrected chi connectivity index (χ1v) is 8.00. The van der Waals surface area contributed by atoms with Crippen molar-refractivity contribution in [2.45, 2.75) is 56.6 Å². The molecule has 0 saturated carbocycles. The Kier molecular flexibility index (Phi) is 3.33. The topological polar surface area (TPSA) is 26.6 Å². The predicted octanol–water partition coefficient (Wildman–Crippen LogP) is 2.25. The van der Waals surface area contributed by atoms with Crippen molar-refractivity contribution < 1.29 is 9.47 Å². The Morgan fingerprint density at radius 1 is 1.10 bits per heavy atom. The highest BCUT2D eigenvalue weighted by Crippen LogP contribution is 2.41. The van der Waals surface area contributed by atoms with Gasteiger partial charge in [0.1, 0.15) is 0 Å². The van der Waals surface area contributed by atoms with Crippen LogP contribution < -0.4 is 0 Å². The van der Waals surface area contributed by atoms with E-state index in [1.54, 1.807) is 0 Å². The second-order valence-electron chi connectivity index (χ2n) is 6.47. The molecule has 0 aliphatic carbocycles. The number of piperidine rings is 1. The lowest BCUT2D eigenvalue weighted by molar-refractivity contribution is -0.192. The van der Waals surface area contributed by atoms with E-state index in [0.717, 1.165) is 19.6 Å². The Bertz CT molecular complexity index is 441. The highest BCUT2D eigenvalue weighted by Gasteiger charge is 2.52. The fraction of sp³-hybridized carbons (Fsp3) is 0.750. The summed E-state index contributed by atoms with van der Waals surface area (Å²) >= 11 is 0. The minimum atomic E-state index is -0.0400. The molecule has 2 bridgehead atoms. The third-order valence-corrected chi connectivity index (χ3v) is 5.20. The number of aromatic nitrogens is 1. The second-order valence-corrected chi connectivity index (χ2v) is 6.47. The van der Waals surface area contributed by atoms with E-state index in [2.05, 4.69) is 34.0 Å². The van der Waals surface area contributed by atoms with Gasteiger partial charge in [-0.15, -0.1) is 0 Å². The number of fused-ring (bicyclic) bond motifs is 2. The third-order valence-electron chi connectivity index (χ3n) is 5.20. The molecule has 0 spiro atoms. The number of ether oxygens (including phenoxy) is 2. The van der Waals surface area contributed by atoms with E-state index in [-0.39, 0.29) is 11.8 Å². The molecule has 4 heterocycles. The van der Waals surface area contributed by atoms with Crippen LogP contribution in [0.3, 0.4) is 0 Å². The van der Waals surface area contributed by atoms with Crippen molar-refractivity contribution in [2.24, 2.45) is 0 Å². The SMILES string of the molecule is c1ccn(C[C@]2(N3CCCCC3)CC[C@H]3CO[C@@H]2O3)c1. The van der Waals surface area contributed by atoms with Crippen LogP contribution in [0.5, 0.6) is 0 Å². The molecule has 4 nitrogen and oxygen atoms in total. The first-order chi connectivity index (χ1) is 9.87. The van der Waals surface area contributed by atoms with Crippen LogP contribution in [-0.4, -0.2) is 47.1 Å². The van der Waals surface area contributed by atoms with Gasteiger partial charge < -0.3 is 14.0 Å². The molecule has 3 fully saturated rings. The van der Waals surface area contributed by atoms with Crippen LogP contribution in [0.2, 0.25) is 0 Å². The molecule has 1 aromatic rings. The van der Waals surface area contributed by atoms with Gasteiger partial charge in [-0.2, -0.15) is 0 Å². The maximum Gasteiger partial charge on any atom is 0.178 e. The van der Waals surface area contributed by atoms with Crippen LogP contribution in [0.1, 0.15) is 32.1 Å². The van der Waals surface area contributed by atoms with E-state index in [9.17, 15) is 0 Å². The van der Waals surface area contributed by atoms with Crippen molar-refractivity contribution in [1.82, 2.24) is 9.47 Å². The maximum atomic E-state index is 6.14. The smallest absolute Gasteiger partial charge is 0.178 e. The van der Waals surface area contributed by atoms with Crippen molar-refractivity contribution in [3.63, 3.8) is 0 Å². The lowest BCUT2D eigenvalue weighted by atomic mass is 9.85. The fourth-order valence-electron chi connectivity index (χ4n) is 4.10. The van der Waals surface area contributed by atoms with Crippen LogP contribution in [0.4, 0.5) is 0 Å². The average Bonchev–Trinajstić information content (AvgIpc) is 3.13. The van der Waals surface area contributed by atoms with Gasteiger partial charge in [0, 0.05) is 18.9 Å². The molecule has 4 rings (SSSR count). The zero-order chi connectivity index (χ0) is 13.4. The van der Waals surface area contributed by atoms with Crippen LogP contribution in [0, 0.1) is 0 Å². The molecule has 0 aromatic carbocycles. The molecule has 3 atom stereocenters. The Labute approximate surface area is 120 Å². The van der Waals surface area contributed by atoms with Gasteiger partial charge in [0.05, 0.1) is 18.2 Å². The molecule has 3 saturated heterocycles. The zero-order valence-electron chi connectivity index (χ0n) is 12.0. The molecule has 0 N–H and O–H groups in total.